The van der Waals surface area contributed by atoms with Crippen LogP contribution in [0.3, 0.4) is 0 Å². The van der Waals surface area contributed by atoms with Gasteiger partial charge in [-0.2, -0.15) is 0 Å². The van der Waals surface area contributed by atoms with E-state index in [4.69, 9.17) is 10.5 Å². The minimum atomic E-state index is -1.14. The highest BCUT2D eigenvalue weighted by molar-refractivity contribution is 5.93. The van der Waals surface area contributed by atoms with E-state index < -0.39 is 23.1 Å². The first kappa shape index (κ1) is 13.4. The number of hydrogen-bond acceptors (Lipinski definition) is 2. The third-order valence-corrected chi connectivity index (χ3v) is 2.31. The smallest absolute Gasteiger partial charge is 0.254 e. The van der Waals surface area contributed by atoms with Crippen LogP contribution in [0.4, 0.5) is 8.78 Å². The number of carbonyl (C=O) groups is 1. The second kappa shape index (κ2) is 6.18. The van der Waals surface area contributed by atoms with E-state index in [0.717, 1.165) is 31.4 Å². The van der Waals surface area contributed by atoms with E-state index in [-0.39, 0.29) is 5.75 Å². The van der Waals surface area contributed by atoms with Gasteiger partial charge in [0, 0.05) is 0 Å². The van der Waals surface area contributed by atoms with E-state index in [1.807, 2.05) is 6.92 Å². The molecule has 0 aliphatic rings. The highest BCUT2D eigenvalue weighted by Gasteiger charge is 2.18. The Kier molecular flexibility index (Phi) is 4.87. The van der Waals surface area contributed by atoms with E-state index in [0.29, 0.717) is 6.61 Å². The van der Waals surface area contributed by atoms with E-state index in [2.05, 4.69) is 0 Å². The minimum absolute atomic E-state index is 0.142. The van der Waals surface area contributed by atoms with Gasteiger partial charge in [-0.25, -0.2) is 8.78 Å². The highest BCUT2D eigenvalue weighted by Crippen LogP contribution is 2.23. The van der Waals surface area contributed by atoms with E-state index in [1.165, 1.54) is 0 Å². The van der Waals surface area contributed by atoms with Crippen molar-refractivity contribution in [2.45, 2.75) is 26.2 Å². The van der Waals surface area contributed by atoms with Crippen molar-refractivity contribution in [3.8, 4) is 5.75 Å². The van der Waals surface area contributed by atoms with Crippen LogP contribution >= 0.6 is 0 Å². The van der Waals surface area contributed by atoms with Crippen LogP contribution in [0, 0.1) is 11.6 Å². The van der Waals surface area contributed by atoms with Gasteiger partial charge in [0.25, 0.3) is 5.91 Å². The molecule has 0 aliphatic heterocycles. The summed E-state index contributed by atoms with van der Waals surface area (Å²) in [4.78, 5) is 10.9. The van der Waals surface area contributed by atoms with E-state index in [1.54, 1.807) is 0 Å². The zero-order chi connectivity index (χ0) is 12.8. The van der Waals surface area contributed by atoms with Crippen LogP contribution < -0.4 is 10.5 Å². The average molecular weight is 243 g/mol. The Morgan fingerprint density at radius 2 is 2.06 bits per heavy atom. The minimum Gasteiger partial charge on any atom is -0.490 e. The number of unbranched alkanes of at least 4 members (excludes halogenated alkanes) is 2. The van der Waals surface area contributed by atoms with Crippen LogP contribution in [-0.4, -0.2) is 12.5 Å². The summed E-state index contributed by atoms with van der Waals surface area (Å²) in [6.07, 6.45) is 2.76. The SMILES string of the molecule is CCCCCOc1ccc(F)c(C(N)=O)c1F. The lowest BCUT2D eigenvalue weighted by Gasteiger charge is -2.09. The van der Waals surface area contributed by atoms with Gasteiger partial charge in [0.15, 0.2) is 11.6 Å². The number of amides is 1. The van der Waals surface area contributed by atoms with Crippen molar-refractivity contribution < 1.29 is 18.3 Å². The molecule has 0 spiro atoms. The molecule has 5 heteroatoms. The molecule has 0 fully saturated rings. The molecule has 1 aromatic rings. The van der Waals surface area contributed by atoms with Gasteiger partial charge in [-0.05, 0) is 18.6 Å². The summed E-state index contributed by atoms with van der Waals surface area (Å²) in [7, 11) is 0. The van der Waals surface area contributed by atoms with Crippen molar-refractivity contribution in [2.24, 2.45) is 5.73 Å². The molecule has 2 N–H and O–H groups in total. The van der Waals surface area contributed by atoms with Crippen molar-refractivity contribution in [1.82, 2.24) is 0 Å². The van der Waals surface area contributed by atoms with Crippen LogP contribution in [0.15, 0.2) is 12.1 Å². The predicted molar refractivity (Wildman–Crippen MR) is 59.9 cm³/mol. The van der Waals surface area contributed by atoms with Crippen molar-refractivity contribution in [2.75, 3.05) is 6.61 Å². The Morgan fingerprint density at radius 1 is 1.35 bits per heavy atom. The molecular formula is C12H15F2NO2. The standard InChI is InChI=1S/C12H15F2NO2/c1-2-3-4-7-17-9-6-5-8(13)10(11(9)14)12(15)16/h5-6H,2-4,7H2,1H3,(H2,15,16). The van der Waals surface area contributed by atoms with Gasteiger partial charge in [0.2, 0.25) is 0 Å². The summed E-state index contributed by atoms with van der Waals surface area (Å²) in [6, 6.07) is 2.13. The lowest BCUT2D eigenvalue weighted by molar-refractivity contribution is 0.0991. The Labute approximate surface area is 98.6 Å². The second-order valence-electron chi connectivity index (χ2n) is 3.65. The lowest BCUT2D eigenvalue weighted by atomic mass is 10.1. The molecule has 3 nitrogen and oxygen atoms in total. The first-order chi connectivity index (χ1) is 8.07. The Bertz CT molecular complexity index is 408. The molecule has 0 atom stereocenters. The number of primary amides is 1. The first-order valence-corrected chi connectivity index (χ1v) is 5.48. The van der Waals surface area contributed by atoms with Crippen LogP contribution in [0.25, 0.3) is 0 Å². The topological polar surface area (TPSA) is 52.3 Å². The maximum Gasteiger partial charge on any atom is 0.254 e. The van der Waals surface area contributed by atoms with Gasteiger partial charge in [0.1, 0.15) is 11.4 Å². The predicted octanol–water partition coefficient (Wildman–Crippen LogP) is 2.63. The first-order valence-electron chi connectivity index (χ1n) is 5.48. The summed E-state index contributed by atoms with van der Waals surface area (Å²) >= 11 is 0. The molecule has 17 heavy (non-hydrogen) atoms. The molecule has 1 amide bonds. The van der Waals surface area contributed by atoms with Gasteiger partial charge in [-0.15, -0.1) is 0 Å². The van der Waals surface area contributed by atoms with Gasteiger partial charge in [-0.3, -0.25) is 4.79 Å². The molecule has 0 radical (unpaired) electrons. The number of carbonyl (C=O) groups excluding carboxylic acids is 1. The molecule has 0 saturated carbocycles. The Balaban J connectivity index is 2.80. The fourth-order valence-electron chi connectivity index (χ4n) is 1.40. The summed E-state index contributed by atoms with van der Waals surface area (Å²) in [5, 5.41) is 0. The molecule has 1 aromatic carbocycles. The van der Waals surface area contributed by atoms with Crippen molar-refractivity contribution in [1.29, 1.82) is 0 Å². The number of halogens is 2. The normalized spacial score (nSPS) is 10.3. The third-order valence-electron chi connectivity index (χ3n) is 2.31. The Morgan fingerprint density at radius 3 is 2.65 bits per heavy atom. The fraction of sp³-hybridized carbons (Fsp3) is 0.417. The summed E-state index contributed by atoms with van der Waals surface area (Å²) in [6.45, 7) is 2.36. The number of ether oxygens (including phenoxy) is 1. The Hall–Kier alpha value is -1.65. The average Bonchev–Trinajstić information content (AvgIpc) is 2.26. The number of hydrogen-bond donors (Lipinski definition) is 1. The van der Waals surface area contributed by atoms with Crippen molar-refractivity contribution in [3.63, 3.8) is 0 Å². The maximum absolute atomic E-state index is 13.6. The van der Waals surface area contributed by atoms with Gasteiger partial charge in [-0.1, -0.05) is 19.8 Å². The zero-order valence-corrected chi connectivity index (χ0v) is 9.63. The molecule has 0 saturated heterocycles. The van der Waals surface area contributed by atoms with Crippen LogP contribution in [-0.2, 0) is 0 Å². The van der Waals surface area contributed by atoms with Gasteiger partial charge >= 0.3 is 0 Å². The molecule has 94 valence electrons. The molecular weight excluding hydrogens is 228 g/mol. The van der Waals surface area contributed by atoms with Gasteiger partial charge in [0.05, 0.1) is 6.61 Å². The largest absolute Gasteiger partial charge is 0.490 e. The molecule has 0 aromatic heterocycles. The summed E-state index contributed by atoms with van der Waals surface area (Å²) < 4.78 is 31.9. The van der Waals surface area contributed by atoms with E-state index in [9.17, 15) is 13.6 Å². The maximum atomic E-state index is 13.6. The number of rotatable bonds is 6. The summed E-state index contributed by atoms with van der Waals surface area (Å²) in [5.74, 6) is -3.29. The van der Waals surface area contributed by atoms with Crippen LogP contribution in [0.2, 0.25) is 0 Å². The molecule has 0 bridgehead atoms. The number of benzene rings is 1. The zero-order valence-electron chi connectivity index (χ0n) is 9.63. The van der Waals surface area contributed by atoms with Crippen LogP contribution in [0.1, 0.15) is 36.5 Å². The van der Waals surface area contributed by atoms with Crippen LogP contribution in [0.5, 0.6) is 5.75 Å². The highest BCUT2D eigenvalue weighted by atomic mass is 19.1. The quantitative estimate of drug-likeness (QED) is 0.781. The third kappa shape index (κ3) is 3.41. The van der Waals surface area contributed by atoms with Crippen molar-refractivity contribution >= 4 is 5.91 Å². The molecule has 0 unspecified atom stereocenters. The van der Waals surface area contributed by atoms with Crippen molar-refractivity contribution in [3.05, 3.63) is 29.3 Å². The lowest BCUT2D eigenvalue weighted by Crippen LogP contribution is -2.16. The van der Waals surface area contributed by atoms with Gasteiger partial charge < -0.3 is 10.5 Å². The molecule has 0 aliphatic carbocycles. The number of nitrogens with two attached hydrogens (primary N) is 1. The second-order valence-corrected chi connectivity index (χ2v) is 3.65. The summed E-state index contributed by atoms with van der Waals surface area (Å²) in [5.41, 5.74) is 4.13. The van der Waals surface area contributed by atoms with E-state index >= 15 is 0 Å². The molecule has 0 heterocycles. The monoisotopic (exact) mass is 243 g/mol. The molecule has 1 rings (SSSR count). The fourth-order valence-corrected chi connectivity index (χ4v) is 1.40.